The van der Waals surface area contributed by atoms with Crippen molar-refractivity contribution >= 4 is 11.9 Å². The number of carbonyl (C=O) groups excluding carboxylic acids is 2. The van der Waals surface area contributed by atoms with E-state index in [4.69, 9.17) is 0 Å². The zero-order chi connectivity index (χ0) is 14.4. The summed E-state index contributed by atoms with van der Waals surface area (Å²) in [7, 11) is 1.36. The molecule has 1 heterocycles. The third kappa shape index (κ3) is 3.81. The van der Waals surface area contributed by atoms with E-state index < -0.39 is 0 Å². The highest BCUT2D eigenvalue weighted by molar-refractivity contribution is 5.89. The molecule has 1 aliphatic rings. The summed E-state index contributed by atoms with van der Waals surface area (Å²) >= 11 is 0. The first-order valence-corrected chi connectivity index (χ1v) is 6.86. The van der Waals surface area contributed by atoms with Gasteiger partial charge in [0.25, 0.3) is 0 Å². The van der Waals surface area contributed by atoms with Gasteiger partial charge < -0.3 is 15.0 Å². The van der Waals surface area contributed by atoms with E-state index in [2.05, 4.69) is 10.1 Å². The number of hydrogen-bond acceptors (Lipinski definition) is 4. The number of benzene rings is 1. The SMILES string of the molecule is COC(=O)c1ccc(CCC(=O)N2CCNCC2)cc1. The van der Waals surface area contributed by atoms with E-state index in [0.29, 0.717) is 18.4 Å². The van der Waals surface area contributed by atoms with Gasteiger partial charge in [-0.25, -0.2) is 4.79 Å². The van der Waals surface area contributed by atoms with Crippen molar-refractivity contribution in [1.29, 1.82) is 0 Å². The fourth-order valence-electron chi connectivity index (χ4n) is 2.25. The Labute approximate surface area is 118 Å². The molecule has 0 saturated carbocycles. The van der Waals surface area contributed by atoms with Gasteiger partial charge in [0.2, 0.25) is 5.91 Å². The molecule has 108 valence electrons. The number of nitrogens with one attached hydrogen (secondary N) is 1. The fraction of sp³-hybridized carbons (Fsp3) is 0.467. The average molecular weight is 276 g/mol. The molecule has 0 spiro atoms. The third-order valence-corrected chi connectivity index (χ3v) is 3.47. The van der Waals surface area contributed by atoms with E-state index in [1.165, 1.54) is 7.11 Å². The van der Waals surface area contributed by atoms with Gasteiger partial charge in [0.15, 0.2) is 0 Å². The predicted octanol–water partition coefficient (Wildman–Crippen LogP) is 0.838. The minimum Gasteiger partial charge on any atom is -0.465 e. The maximum absolute atomic E-state index is 12.0. The summed E-state index contributed by atoms with van der Waals surface area (Å²) in [6, 6.07) is 7.21. The lowest BCUT2D eigenvalue weighted by Crippen LogP contribution is -2.46. The van der Waals surface area contributed by atoms with Gasteiger partial charge in [-0.2, -0.15) is 0 Å². The number of piperazine rings is 1. The lowest BCUT2D eigenvalue weighted by molar-refractivity contribution is -0.131. The lowest BCUT2D eigenvalue weighted by Gasteiger charge is -2.27. The van der Waals surface area contributed by atoms with Crippen LogP contribution in [0.15, 0.2) is 24.3 Å². The molecule has 1 saturated heterocycles. The molecule has 1 fully saturated rings. The molecule has 1 aromatic carbocycles. The maximum atomic E-state index is 12.0. The van der Waals surface area contributed by atoms with Crippen LogP contribution in [0.5, 0.6) is 0 Å². The second kappa shape index (κ2) is 7.05. The largest absolute Gasteiger partial charge is 0.465 e. The third-order valence-electron chi connectivity index (χ3n) is 3.47. The lowest BCUT2D eigenvalue weighted by atomic mass is 10.1. The molecule has 0 bridgehead atoms. The van der Waals surface area contributed by atoms with E-state index in [-0.39, 0.29) is 11.9 Å². The molecule has 2 rings (SSSR count). The van der Waals surface area contributed by atoms with E-state index in [9.17, 15) is 9.59 Å². The van der Waals surface area contributed by atoms with Crippen LogP contribution in [0.4, 0.5) is 0 Å². The molecule has 0 aromatic heterocycles. The average Bonchev–Trinajstić information content (AvgIpc) is 2.53. The molecule has 0 unspecified atom stereocenters. The summed E-state index contributed by atoms with van der Waals surface area (Å²) < 4.78 is 4.65. The van der Waals surface area contributed by atoms with Crippen molar-refractivity contribution in [3.8, 4) is 0 Å². The number of nitrogens with zero attached hydrogens (tertiary/aromatic N) is 1. The Morgan fingerprint density at radius 3 is 2.45 bits per heavy atom. The number of aryl methyl sites for hydroxylation is 1. The molecule has 1 amide bonds. The summed E-state index contributed by atoms with van der Waals surface area (Å²) in [5.41, 5.74) is 1.59. The molecular weight excluding hydrogens is 256 g/mol. The van der Waals surface area contributed by atoms with Crippen molar-refractivity contribution in [2.75, 3.05) is 33.3 Å². The van der Waals surface area contributed by atoms with Gasteiger partial charge in [-0.3, -0.25) is 4.79 Å². The monoisotopic (exact) mass is 276 g/mol. The smallest absolute Gasteiger partial charge is 0.337 e. The number of amides is 1. The van der Waals surface area contributed by atoms with Crippen molar-refractivity contribution < 1.29 is 14.3 Å². The first kappa shape index (κ1) is 14.5. The van der Waals surface area contributed by atoms with Gasteiger partial charge in [0.05, 0.1) is 12.7 Å². The molecule has 1 aliphatic heterocycles. The molecule has 0 atom stereocenters. The molecule has 1 N–H and O–H groups in total. The Balaban J connectivity index is 1.84. The van der Waals surface area contributed by atoms with Crippen LogP contribution in [0.3, 0.4) is 0 Å². The predicted molar refractivity (Wildman–Crippen MR) is 75.6 cm³/mol. The van der Waals surface area contributed by atoms with Crippen LogP contribution in [0.25, 0.3) is 0 Å². The van der Waals surface area contributed by atoms with Crippen molar-refractivity contribution in [2.24, 2.45) is 0 Å². The minimum atomic E-state index is -0.339. The zero-order valence-electron chi connectivity index (χ0n) is 11.7. The minimum absolute atomic E-state index is 0.198. The molecule has 0 radical (unpaired) electrons. The molecule has 5 nitrogen and oxygen atoms in total. The van der Waals surface area contributed by atoms with Crippen molar-refractivity contribution in [3.05, 3.63) is 35.4 Å². The standard InChI is InChI=1S/C15H20N2O3/c1-20-15(19)13-5-2-12(3-6-13)4-7-14(18)17-10-8-16-9-11-17/h2-3,5-6,16H,4,7-11H2,1H3. The van der Waals surface area contributed by atoms with Gasteiger partial charge in [-0.15, -0.1) is 0 Å². The number of hydrogen-bond donors (Lipinski definition) is 1. The Hall–Kier alpha value is -1.88. The normalized spacial score (nSPS) is 14.9. The summed E-state index contributed by atoms with van der Waals surface area (Å²) in [4.78, 5) is 25.2. The molecule has 20 heavy (non-hydrogen) atoms. The van der Waals surface area contributed by atoms with Gasteiger partial charge in [-0.1, -0.05) is 12.1 Å². The number of ether oxygens (including phenoxy) is 1. The van der Waals surface area contributed by atoms with Crippen LogP contribution >= 0.6 is 0 Å². The van der Waals surface area contributed by atoms with Gasteiger partial charge >= 0.3 is 5.97 Å². The first-order valence-electron chi connectivity index (χ1n) is 6.86. The van der Waals surface area contributed by atoms with Crippen LogP contribution < -0.4 is 5.32 Å². The Bertz CT molecular complexity index is 465. The Morgan fingerprint density at radius 2 is 1.85 bits per heavy atom. The summed E-state index contributed by atoms with van der Waals surface area (Å²) in [5, 5.41) is 3.23. The van der Waals surface area contributed by atoms with E-state index in [0.717, 1.165) is 31.7 Å². The quantitative estimate of drug-likeness (QED) is 0.828. The van der Waals surface area contributed by atoms with Crippen LogP contribution in [0, 0.1) is 0 Å². The highest BCUT2D eigenvalue weighted by atomic mass is 16.5. The second-order valence-electron chi connectivity index (χ2n) is 4.82. The van der Waals surface area contributed by atoms with Crippen LogP contribution in [-0.4, -0.2) is 50.1 Å². The number of rotatable bonds is 4. The molecular formula is C15H20N2O3. The van der Waals surface area contributed by atoms with Crippen molar-refractivity contribution in [3.63, 3.8) is 0 Å². The fourth-order valence-corrected chi connectivity index (χ4v) is 2.25. The summed E-state index contributed by atoms with van der Waals surface area (Å²) in [5.74, 6) is -0.142. The Morgan fingerprint density at radius 1 is 1.20 bits per heavy atom. The van der Waals surface area contributed by atoms with Gasteiger partial charge in [-0.05, 0) is 24.1 Å². The van der Waals surface area contributed by atoms with Gasteiger partial charge in [0, 0.05) is 32.6 Å². The van der Waals surface area contributed by atoms with Crippen LogP contribution in [-0.2, 0) is 16.0 Å². The number of methoxy groups -OCH3 is 1. The van der Waals surface area contributed by atoms with Crippen LogP contribution in [0.2, 0.25) is 0 Å². The molecule has 5 heteroatoms. The highest BCUT2D eigenvalue weighted by Gasteiger charge is 2.15. The van der Waals surface area contributed by atoms with E-state index in [1.807, 2.05) is 17.0 Å². The maximum Gasteiger partial charge on any atom is 0.337 e. The highest BCUT2D eigenvalue weighted by Crippen LogP contribution is 2.09. The topological polar surface area (TPSA) is 58.6 Å². The Kier molecular flexibility index (Phi) is 5.12. The number of esters is 1. The number of carbonyl (C=O) groups is 2. The molecule has 0 aliphatic carbocycles. The van der Waals surface area contributed by atoms with E-state index >= 15 is 0 Å². The second-order valence-corrected chi connectivity index (χ2v) is 4.82. The molecule has 1 aromatic rings. The van der Waals surface area contributed by atoms with E-state index in [1.54, 1.807) is 12.1 Å². The zero-order valence-corrected chi connectivity index (χ0v) is 11.7. The first-order chi connectivity index (χ1) is 9.70. The van der Waals surface area contributed by atoms with Crippen molar-refractivity contribution in [1.82, 2.24) is 10.2 Å². The summed E-state index contributed by atoms with van der Waals surface area (Å²) in [6.07, 6.45) is 1.21. The summed E-state index contributed by atoms with van der Waals surface area (Å²) in [6.45, 7) is 3.33. The van der Waals surface area contributed by atoms with Gasteiger partial charge in [0.1, 0.15) is 0 Å². The van der Waals surface area contributed by atoms with Crippen molar-refractivity contribution in [2.45, 2.75) is 12.8 Å². The van der Waals surface area contributed by atoms with Crippen LogP contribution in [0.1, 0.15) is 22.3 Å².